The van der Waals surface area contributed by atoms with Gasteiger partial charge in [0.25, 0.3) is 5.91 Å². The molecule has 0 aliphatic heterocycles. The average Bonchev–Trinajstić information content (AvgIpc) is 2.80. The van der Waals surface area contributed by atoms with Crippen LogP contribution >= 0.6 is 0 Å². The van der Waals surface area contributed by atoms with E-state index in [1.165, 1.54) is 5.56 Å². The Kier molecular flexibility index (Phi) is 4.56. The van der Waals surface area contributed by atoms with Crippen molar-refractivity contribution in [1.29, 1.82) is 0 Å². The molecule has 1 aromatic heterocycles. The van der Waals surface area contributed by atoms with Crippen molar-refractivity contribution in [2.45, 2.75) is 33.7 Å². The van der Waals surface area contributed by atoms with Gasteiger partial charge in [-0.2, -0.15) is 5.10 Å². The lowest BCUT2D eigenvalue weighted by molar-refractivity contribution is 0.0952. The zero-order chi connectivity index (χ0) is 14.5. The lowest BCUT2D eigenvalue weighted by atomic mass is 10.1. The summed E-state index contributed by atoms with van der Waals surface area (Å²) < 4.78 is 1.90. The fourth-order valence-electron chi connectivity index (χ4n) is 2.19. The highest BCUT2D eigenvalue weighted by Gasteiger charge is 2.07. The molecule has 0 unspecified atom stereocenters. The Balaban J connectivity index is 1.80. The third-order valence-corrected chi connectivity index (χ3v) is 3.25. The van der Waals surface area contributed by atoms with Gasteiger partial charge in [-0.1, -0.05) is 17.7 Å². The van der Waals surface area contributed by atoms with Crippen LogP contribution in [-0.2, 0) is 6.54 Å². The van der Waals surface area contributed by atoms with Gasteiger partial charge in [-0.3, -0.25) is 9.48 Å². The summed E-state index contributed by atoms with van der Waals surface area (Å²) in [6.45, 7) is 7.44. The lowest BCUT2D eigenvalue weighted by Gasteiger charge is -2.08. The number of aromatic nitrogens is 2. The zero-order valence-corrected chi connectivity index (χ0v) is 12.3. The van der Waals surface area contributed by atoms with Gasteiger partial charge < -0.3 is 5.32 Å². The Labute approximate surface area is 119 Å². The summed E-state index contributed by atoms with van der Waals surface area (Å²) in [6.07, 6.45) is 2.83. The molecule has 0 bridgehead atoms. The SMILES string of the molecule is Cc1ccc(C(=O)NCCCn2ccc(C)n2)c(C)c1. The first-order valence-electron chi connectivity index (χ1n) is 6.92. The fraction of sp³-hybridized carbons (Fsp3) is 0.375. The maximum Gasteiger partial charge on any atom is 0.251 e. The van der Waals surface area contributed by atoms with Crippen molar-refractivity contribution in [3.63, 3.8) is 0 Å². The normalized spacial score (nSPS) is 10.6. The van der Waals surface area contributed by atoms with Gasteiger partial charge in [0.2, 0.25) is 0 Å². The number of carbonyl (C=O) groups excluding carboxylic acids is 1. The minimum Gasteiger partial charge on any atom is -0.352 e. The Morgan fingerprint density at radius 3 is 2.70 bits per heavy atom. The molecule has 0 fully saturated rings. The number of benzene rings is 1. The molecule has 0 saturated carbocycles. The van der Waals surface area contributed by atoms with E-state index in [1.807, 2.05) is 55.9 Å². The first kappa shape index (κ1) is 14.3. The van der Waals surface area contributed by atoms with Crippen molar-refractivity contribution in [2.24, 2.45) is 0 Å². The molecule has 1 aromatic carbocycles. The topological polar surface area (TPSA) is 46.9 Å². The van der Waals surface area contributed by atoms with Gasteiger partial charge in [0.15, 0.2) is 0 Å². The van der Waals surface area contributed by atoms with E-state index in [4.69, 9.17) is 0 Å². The molecule has 1 heterocycles. The van der Waals surface area contributed by atoms with Gasteiger partial charge in [0, 0.05) is 24.8 Å². The van der Waals surface area contributed by atoms with Crippen LogP contribution in [0.2, 0.25) is 0 Å². The molecule has 4 nitrogen and oxygen atoms in total. The van der Waals surface area contributed by atoms with E-state index in [0.717, 1.165) is 29.8 Å². The molecule has 2 aromatic rings. The zero-order valence-electron chi connectivity index (χ0n) is 12.3. The van der Waals surface area contributed by atoms with Gasteiger partial charge in [0.05, 0.1) is 5.69 Å². The number of hydrogen-bond acceptors (Lipinski definition) is 2. The van der Waals surface area contributed by atoms with Crippen LogP contribution in [0.3, 0.4) is 0 Å². The largest absolute Gasteiger partial charge is 0.352 e. The summed E-state index contributed by atoms with van der Waals surface area (Å²) in [6, 6.07) is 7.86. The van der Waals surface area contributed by atoms with Crippen molar-refractivity contribution in [2.75, 3.05) is 6.54 Å². The fourth-order valence-corrected chi connectivity index (χ4v) is 2.19. The van der Waals surface area contributed by atoms with E-state index in [1.54, 1.807) is 0 Å². The summed E-state index contributed by atoms with van der Waals surface area (Å²) in [7, 11) is 0. The third-order valence-electron chi connectivity index (χ3n) is 3.25. The first-order valence-corrected chi connectivity index (χ1v) is 6.92. The van der Waals surface area contributed by atoms with Crippen LogP contribution in [0.1, 0.15) is 33.6 Å². The van der Waals surface area contributed by atoms with E-state index in [9.17, 15) is 4.79 Å². The molecule has 2 rings (SSSR count). The maximum atomic E-state index is 12.1. The van der Waals surface area contributed by atoms with E-state index in [-0.39, 0.29) is 5.91 Å². The molecule has 0 saturated heterocycles. The highest BCUT2D eigenvalue weighted by molar-refractivity contribution is 5.95. The van der Waals surface area contributed by atoms with Crippen LogP contribution in [0.4, 0.5) is 0 Å². The molecule has 1 N–H and O–H groups in total. The number of aryl methyl sites for hydroxylation is 4. The molecule has 0 atom stereocenters. The molecular weight excluding hydrogens is 250 g/mol. The third kappa shape index (κ3) is 3.70. The van der Waals surface area contributed by atoms with Crippen molar-refractivity contribution in [3.05, 3.63) is 52.8 Å². The second kappa shape index (κ2) is 6.37. The van der Waals surface area contributed by atoms with E-state index in [0.29, 0.717) is 6.54 Å². The second-order valence-corrected chi connectivity index (χ2v) is 5.15. The van der Waals surface area contributed by atoms with Crippen LogP contribution < -0.4 is 5.32 Å². The maximum absolute atomic E-state index is 12.1. The first-order chi connectivity index (χ1) is 9.56. The van der Waals surface area contributed by atoms with Crippen LogP contribution in [0.5, 0.6) is 0 Å². The number of nitrogens with one attached hydrogen (secondary N) is 1. The molecule has 0 aliphatic rings. The van der Waals surface area contributed by atoms with Crippen LogP contribution in [-0.4, -0.2) is 22.2 Å². The number of nitrogens with zero attached hydrogens (tertiary/aromatic N) is 2. The highest BCUT2D eigenvalue weighted by atomic mass is 16.1. The second-order valence-electron chi connectivity index (χ2n) is 5.15. The van der Waals surface area contributed by atoms with Crippen LogP contribution in [0.25, 0.3) is 0 Å². The van der Waals surface area contributed by atoms with Crippen molar-refractivity contribution >= 4 is 5.91 Å². The number of rotatable bonds is 5. The van der Waals surface area contributed by atoms with Crippen LogP contribution in [0.15, 0.2) is 30.5 Å². The average molecular weight is 271 g/mol. The number of carbonyl (C=O) groups is 1. The van der Waals surface area contributed by atoms with Gasteiger partial charge in [0.1, 0.15) is 0 Å². The van der Waals surface area contributed by atoms with Crippen LogP contribution in [0, 0.1) is 20.8 Å². The quantitative estimate of drug-likeness (QED) is 0.850. The Bertz CT molecular complexity index is 602. The van der Waals surface area contributed by atoms with Crippen molar-refractivity contribution in [3.8, 4) is 0 Å². The Morgan fingerprint density at radius 1 is 1.25 bits per heavy atom. The molecule has 20 heavy (non-hydrogen) atoms. The summed E-state index contributed by atoms with van der Waals surface area (Å²) in [5.41, 5.74) is 3.97. The standard InChI is InChI=1S/C16H21N3O/c1-12-5-6-15(13(2)11-12)16(20)17-8-4-9-19-10-7-14(3)18-19/h5-7,10-11H,4,8-9H2,1-3H3,(H,17,20). The molecule has 1 amide bonds. The van der Waals surface area contributed by atoms with Gasteiger partial charge in [-0.05, 0) is 44.9 Å². The van der Waals surface area contributed by atoms with Gasteiger partial charge in [-0.25, -0.2) is 0 Å². The minimum absolute atomic E-state index is 0.000791. The van der Waals surface area contributed by atoms with Crippen molar-refractivity contribution < 1.29 is 4.79 Å². The Morgan fingerprint density at radius 2 is 2.05 bits per heavy atom. The smallest absolute Gasteiger partial charge is 0.251 e. The molecular formula is C16H21N3O. The van der Waals surface area contributed by atoms with Gasteiger partial charge in [-0.15, -0.1) is 0 Å². The Hall–Kier alpha value is -2.10. The summed E-state index contributed by atoms with van der Waals surface area (Å²) in [4.78, 5) is 12.1. The molecule has 0 aliphatic carbocycles. The van der Waals surface area contributed by atoms with Crippen molar-refractivity contribution in [1.82, 2.24) is 15.1 Å². The number of amides is 1. The minimum atomic E-state index is -0.000791. The summed E-state index contributed by atoms with van der Waals surface area (Å²) >= 11 is 0. The number of hydrogen-bond donors (Lipinski definition) is 1. The molecule has 4 heteroatoms. The predicted octanol–water partition coefficient (Wildman–Crippen LogP) is 2.63. The summed E-state index contributed by atoms with van der Waals surface area (Å²) in [5, 5.41) is 7.27. The summed E-state index contributed by atoms with van der Waals surface area (Å²) in [5.74, 6) is -0.000791. The van der Waals surface area contributed by atoms with E-state index in [2.05, 4.69) is 10.4 Å². The highest BCUT2D eigenvalue weighted by Crippen LogP contribution is 2.10. The lowest BCUT2D eigenvalue weighted by Crippen LogP contribution is -2.26. The van der Waals surface area contributed by atoms with E-state index < -0.39 is 0 Å². The predicted molar refractivity (Wildman–Crippen MR) is 79.8 cm³/mol. The molecule has 0 spiro atoms. The monoisotopic (exact) mass is 271 g/mol. The van der Waals surface area contributed by atoms with Gasteiger partial charge >= 0.3 is 0 Å². The molecule has 106 valence electrons. The molecule has 0 radical (unpaired) electrons. The van der Waals surface area contributed by atoms with E-state index >= 15 is 0 Å².